The first-order chi connectivity index (χ1) is 8.61. The van der Waals surface area contributed by atoms with Gasteiger partial charge in [0.2, 0.25) is 0 Å². The average molecular weight is 249 g/mol. The summed E-state index contributed by atoms with van der Waals surface area (Å²) >= 11 is 0. The molecule has 18 heavy (non-hydrogen) atoms. The molecule has 0 atom stereocenters. The third-order valence-electron chi connectivity index (χ3n) is 3.05. The second-order valence-corrected chi connectivity index (χ2v) is 4.72. The van der Waals surface area contributed by atoms with Crippen LogP contribution < -0.4 is 0 Å². The zero-order valence-corrected chi connectivity index (χ0v) is 11.6. The highest BCUT2D eigenvalue weighted by molar-refractivity contribution is 5.69. The maximum Gasteiger partial charge on any atom is 0.305 e. The average Bonchev–Trinajstić information content (AvgIpc) is 2.38. The Balaban J connectivity index is 2.18. The molecule has 0 bridgehead atoms. The van der Waals surface area contributed by atoms with Crippen LogP contribution in [-0.4, -0.2) is 38.1 Å². The van der Waals surface area contributed by atoms with Crippen LogP contribution >= 0.6 is 0 Å². The van der Waals surface area contributed by atoms with Gasteiger partial charge in [0.25, 0.3) is 0 Å². The Morgan fingerprint density at radius 3 is 2.50 bits per heavy atom. The highest BCUT2D eigenvalue weighted by atomic mass is 16.5. The van der Waals surface area contributed by atoms with E-state index in [4.69, 9.17) is 0 Å². The van der Waals surface area contributed by atoms with Crippen molar-refractivity contribution < 1.29 is 9.53 Å². The van der Waals surface area contributed by atoms with Crippen LogP contribution in [-0.2, 0) is 16.0 Å². The van der Waals surface area contributed by atoms with E-state index >= 15 is 0 Å². The summed E-state index contributed by atoms with van der Waals surface area (Å²) in [6.07, 6.45) is 2.41. The van der Waals surface area contributed by atoms with Gasteiger partial charge in [-0.05, 0) is 38.9 Å². The van der Waals surface area contributed by atoms with E-state index in [-0.39, 0.29) is 5.97 Å². The van der Waals surface area contributed by atoms with Crippen LogP contribution in [0.3, 0.4) is 0 Å². The molecule has 0 aromatic heterocycles. The number of nitrogens with zero attached hydrogens (tertiary/aromatic N) is 1. The van der Waals surface area contributed by atoms with Crippen molar-refractivity contribution in [3.8, 4) is 0 Å². The Bertz CT molecular complexity index is 359. The Hall–Kier alpha value is -1.35. The minimum absolute atomic E-state index is 0.123. The molecule has 1 aromatic rings. The summed E-state index contributed by atoms with van der Waals surface area (Å²) in [5.74, 6) is -0.123. The molecule has 1 aromatic carbocycles. The number of methoxy groups -OCH3 is 1. The van der Waals surface area contributed by atoms with E-state index in [9.17, 15) is 4.79 Å². The molecule has 1 rings (SSSR count). The van der Waals surface area contributed by atoms with Gasteiger partial charge in [0.05, 0.1) is 7.11 Å². The summed E-state index contributed by atoms with van der Waals surface area (Å²) in [6.45, 7) is 4.05. The summed E-state index contributed by atoms with van der Waals surface area (Å²) in [7, 11) is 3.52. The molecule has 0 unspecified atom stereocenters. The largest absolute Gasteiger partial charge is 0.469 e. The third-order valence-corrected chi connectivity index (χ3v) is 3.05. The number of likely N-dealkylation sites (N-methyl/N-ethyl adjacent to an activating group) is 1. The molecule has 0 spiro atoms. The maximum absolute atomic E-state index is 11.0. The number of hydrogen-bond donors (Lipinski definition) is 0. The minimum Gasteiger partial charge on any atom is -0.469 e. The van der Waals surface area contributed by atoms with Crippen LogP contribution in [0.5, 0.6) is 0 Å². The van der Waals surface area contributed by atoms with Crippen LogP contribution in [0.2, 0.25) is 0 Å². The molecule has 0 aliphatic heterocycles. The molecule has 0 aliphatic carbocycles. The highest BCUT2D eigenvalue weighted by Gasteiger charge is 2.03. The van der Waals surface area contributed by atoms with Gasteiger partial charge in [-0.1, -0.05) is 29.8 Å². The standard InChI is InChI=1S/C15H23NO2/c1-13-6-8-14(9-7-13)10-12-16(2)11-4-5-15(17)18-3/h6-9H,4-5,10-12H2,1-3H3. The number of aryl methyl sites for hydroxylation is 1. The second kappa shape index (κ2) is 7.88. The number of carbonyl (C=O) groups is 1. The predicted molar refractivity (Wildman–Crippen MR) is 73.6 cm³/mol. The molecule has 0 amide bonds. The monoisotopic (exact) mass is 249 g/mol. The molecule has 0 heterocycles. The lowest BCUT2D eigenvalue weighted by atomic mass is 10.1. The Kier molecular flexibility index (Phi) is 6.44. The predicted octanol–water partition coefficient (Wildman–Crippen LogP) is 2.42. The van der Waals surface area contributed by atoms with E-state index in [2.05, 4.69) is 47.9 Å². The fourth-order valence-electron chi connectivity index (χ4n) is 1.78. The summed E-state index contributed by atoms with van der Waals surface area (Å²) in [6, 6.07) is 8.65. The van der Waals surface area contributed by atoms with Gasteiger partial charge in [-0.15, -0.1) is 0 Å². The number of hydrogen-bond acceptors (Lipinski definition) is 3. The zero-order valence-electron chi connectivity index (χ0n) is 11.6. The van der Waals surface area contributed by atoms with Crippen LogP contribution in [0.25, 0.3) is 0 Å². The first kappa shape index (κ1) is 14.7. The first-order valence-electron chi connectivity index (χ1n) is 6.42. The summed E-state index contributed by atoms with van der Waals surface area (Å²) < 4.78 is 4.62. The lowest BCUT2D eigenvalue weighted by Crippen LogP contribution is -2.23. The summed E-state index contributed by atoms with van der Waals surface area (Å²) in [4.78, 5) is 13.2. The van der Waals surface area contributed by atoms with Crippen LogP contribution in [0.15, 0.2) is 24.3 Å². The first-order valence-corrected chi connectivity index (χ1v) is 6.42. The van der Waals surface area contributed by atoms with Crippen molar-refractivity contribution in [2.75, 3.05) is 27.2 Å². The molecular formula is C15H23NO2. The molecule has 0 saturated heterocycles. The van der Waals surface area contributed by atoms with Gasteiger partial charge in [0, 0.05) is 13.0 Å². The smallest absolute Gasteiger partial charge is 0.305 e. The molecule has 100 valence electrons. The summed E-state index contributed by atoms with van der Waals surface area (Å²) in [5.41, 5.74) is 2.66. The van der Waals surface area contributed by atoms with Gasteiger partial charge in [-0.2, -0.15) is 0 Å². The SMILES string of the molecule is COC(=O)CCCN(C)CCc1ccc(C)cc1. The summed E-state index contributed by atoms with van der Waals surface area (Å²) in [5, 5.41) is 0. The van der Waals surface area contributed by atoms with Crippen molar-refractivity contribution in [1.82, 2.24) is 4.90 Å². The van der Waals surface area contributed by atoms with E-state index < -0.39 is 0 Å². The van der Waals surface area contributed by atoms with Gasteiger partial charge >= 0.3 is 5.97 Å². The van der Waals surface area contributed by atoms with E-state index in [0.717, 1.165) is 25.9 Å². The normalized spacial score (nSPS) is 10.7. The molecule has 0 fully saturated rings. The molecule has 0 N–H and O–H groups in total. The molecule has 0 saturated carbocycles. The number of carbonyl (C=O) groups excluding carboxylic acids is 1. The van der Waals surface area contributed by atoms with E-state index in [0.29, 0.717) is 6.42 Å². The topological polar surface area (TPSA) is 29.5 Å². The van der Waals surface area contributed by atoms with Crippen molar-refractivity contribution in [1.29, 1.82) is 0 Å². The van der Waals surface area contributed by atoms with Crippen molar-refractivity contribution in [2.24, 2.45) is 0 Å². The fourth-order valence-corrected chi connectivity index (χ4v) is 1.78. The van der Waals surface area contributed by atoms with Crippen LogP contribution in [0, 0.1) is 6.92 Å². The molecule has 0 aliphatic rings. The van der Waals surface area contributed by atoms with Crippen LogP contribution in [0.1, 0.15) is 24.0 Å². The van der Waals surface area contributed by atoms with Gasteiger partial charge < -0.3 is 9.64 Å². The number of rotatable bonds is 7. The van der Waals surface area contributed by atoms with Crippen molar-refractivity contribution in [2.45, 2.75) is 26.2 Å². The lowest BCUT2D eigenvalue weighted by Gasteiger charge is -2.16. The lowest BCUT2D eigenvalue weighted by molar-refractivity contribution is -0.140. The minimum atomic E-state index is -0.123. The van der Waals surface area contributed by atoms with E-state index in [1.807, 2.05) is 0 Å². The van der Waals surface area contributed by atoms with E-state index in [1.54, 1.807) is 0 Å². The van der Waals surface area contributed by atoms with Crippen molar-refractivity contribution in [3.63, 3.8) is 0 Å². The molecular weight excluding hydrogens is 226 g/mol. The van der Waals surface area contributed by atoms with Gasteiger partial charge in [0.1, 0.15) is 0 Å². The third kappa shape index (κ3) is 5.82. The van der Waals surface area contributed by atoms with Gasteiger partial charge in [-0.25, -0.2) is 0 Å². The highest BCUT2D eigenvalue weighted by Crippen LogP contribution is 2.05. The number of esters is 1. The molecule has 3 nitrogen and oxygen atoms in total. The Labute approximate surface area is 110 Å². The quantitative estimate of drug-likeness (QED) is 0.695. The number of benzene rings is 1. The van der Waals surface area contributed by atoms with Crippen LogP contribution in [0.4, 0.5) is 0 Å². The van der Waals surface area contributed by atoms with E-state index in [1.165, 1.54) is 18.2 Å². The second-order valence-electron chi connectivity index (χ2n) is 4.72. The molecule has 3 heteroatoms. The Morgan fingerprint density at radius 2 is 1.89 bits per heavy atom. The fraction of sp³-hybridized carbons (Fsp3) is 0.533. The van der Waals surface area contributed by atoms with Gasteiger partial charge in [-0.3, -0.25) is 4.79 Å². The number of ether oxygens (including phenoxy) is 1. The Morgan fingerprint density at radius 1 is 1.22 bits per heavy atom. The molecule has 0 radical (unpaired) electrons. The van der Waals surface area contributed by atoms with Crippen molar-refractivity contribution in [3.05, 3.63) is 35.4 Å². The zero-order chi connectivity index (χ0) is 13.4. The van der Waals surface area contributed by atoms with Crippen molar-refractivity contribution >= 4 is 5.97 Å². The maximum atomic E-state index is 11.0. The van der Waals surface area contributed by atoms with Gasteiger partial charge in [0.15, 0.2) is 0 Å².